The van der Waals surface area contributed by atoms with Crippen LogP contribution in [0.3, 0.4) is 0 Å². The molecular formula is C18H24N2O4. The van der Waals surface area contributed by atoms with Crippen molar-refractivity contribution in [3.05, 3.63) is 30.3 Å². The van der Waals surface area contributed by atoms with E-state index in [4.69, 9.17) is 9.84 Å². The van der Waals surface area contributed by atoms with Crippen LogP contribution in [0.1, 0.15) is 32.6 Å². The highest BCUT2D eigenvalue weighted by atomic mass is 16.5. The summed E-state index contributed by atoms with van der Waals surface area (Å²) in [5.41, 5.74) is 0.512. The summed E-state index contributed by atoms with van der Waals surface area (Å²) in [6.45, 7) is 3.39. The molecule has 0 bridgehead atoms. The summed E-state index contributed by atoms with van der Waals surface area (Å²) in [6.07, 6.45) is 2.35. The molecule has 0 aromatic heterocycles. The molecule has 0 radical (unpaired) electrons. The van der Waals surface area contributed by atoms with E-state index in [9.17, 15) is 9.59 Å². The number of carboxylic acid groups (broad SMARTS) is 1. The maximum atomic E-state index is 13.0. The molecule has 1 unspecified atom stereocenters. The predicted octanol–water partition coefficient (Wildman–Crippen LogP) is 2.73. The fourth-order valence-corrected chi connectivity index (χ4v) is 3.59. The first-order valence-electron chi connectivity index (χ1n) is 8.54. The molecule has 1 heterocycles. The van der Waals surface area contributed by atoms with Gasteiger partial charge in [0.05, 0.1) is 24.7 Å². The van der Waals surface area contributed by atoms with E-state index in [1.165, 1.54) is 0 Å². The van der Waals surface area contributed by atoms with Gasteiger partial charge in [-0.05, 0) is 38.3 Å². The zero-order chi connectivity index (χ0) is 17.2. The largest absolute Gasteiger partial charge is 0.481 e. The standard InChI is InChI=1S/C18H24N2O4/c1-2-20(14-7-4-3-5-8-14)17(23)19-12-15(11-16(21)22)24-18(13-19)9-6-10-18/h3-5,7-8,15H,2,6,9-13H2,1H3,(H,21,22). The fourth-order valence-electron chi connectivity index (χ4n) is 3.59. The number of carbonyl (C=O) groups excluding carboxylic acids is 1. The number of amides is 2. The number of benzene rings is 1. The summed E-state index contributed by atoms with van der Waals surface area (Å²) in [6, 6.07) is 9.48. The average molecular weight is 332 g/mol. The van der Waals surface area contributed by atoms with Gasteiger partial charge in [0.25, 0.3) is 0 Å². The second-order valence-electron chi connectivity index (χ2n) is 6.62. The summed E-state index contributed by atoms with van der Waals surface area (Å²) in [4.78, 5) is 27.6. The number of morpholine rings is 1. The zero-order valence-electron chi connectivity index (χ0n) is 14.0. The third-order valence-electron chi connectivity index (χ3n) is 4.87. The molecule has 1 aliphatic heterocycles. The quantitative estimate of drug-likeness (QED) is 0.920. The Morgan fingerprint density at radius 1 is 1.33 bits per heavy atom. The molecule has 1 saturated heterocycles. The van der Waals surface area contributed by atoms with Crippen molar-refractivity contribution in [2.24, 2.45) is 0 Å². The van der Waals surface area contributed by atoms with Gasteiger partial charge >= 0.3 is 12.0 Å². The Morgan fingerprint density at radius 3 is 2.58 bits per heavy atom. The van der Waals surface area contributed by atoms with Crippen molar-refractivity contribution in [3.8, 4) is 0 Å². The lowest BCUT2D eigenvalue weighted by atomic mass is 9.78. The Kier molecular flexibility index (Phi) is 4.76. The van der Waals surface area contributed by atoms with Crippen molar-refractivity contribution in [2.45, 2.75) is 44.3 Å². The number of carboxylic acids is 1. The first-order valence-corrected chi connectivity index (χ1v) is 8.54. The van der Waals surface area contributed by atoms with Gasteiger partial charge in [-0.25, -0.2) is 4.79 Å². The maximum absolute atomic E-state index is 13.0. The summed E-state index contributed by atoms with van der Waals surface area (Å²) >= 11 is 0. The fraction of sp³-hybridized carbons (Fsp3) is 0.556. The van der Waals surface area contributed by atoms with Crippen LogP contribution >= 0.6 is 0 Å². The van der Waals surface area contributed by atoms with Crippen molar-refractivity contribution in [1.29, 1.82) is 0 Å². The number of aliphatic carboxylic acids is 1. The lowest BCUT2D eigenvalue weighted by Gasteiger charge is -2.51. The van der Waals surface area contributed by atoms with E-state index in [1.54, 1.807) is 9.80 Å². The minimum Gasteiger partial charge on any atom is -0.481 e. The average Bonchev–Trinajstić information content (AvgIpc) is 2.54. The number of hydrogen-bond donors (Lipinski definition) is 1. The van der Waals surface area contributed by atoms with Crippen LogP contribution in [0.5, 0.6) is 0 Å². The topological polar surface area (TPSA) is 70.1 Å². The minimum atomic E-state index is -0.890. The molecule has 1 N–H and O–H groups in total. The molecule has 2 aliphatic rings. The highest BCUT2D eigenvalue weighted by Gasteiger charge is 2.47. The molecule has 1 aliphatic carbocycles. The van der Waals surface area contributed by atoms with Gasteiger partial charge in [-0.2, -0.15) is 0 Å². The second-order valence-corrected chi connectivity index (χ2v) is 6.62. The predicted molar refractivity (Wildman–Crippen MR) is 90.1 cm³/mol. The van der Waals surface area contributed by atoms with Crippen LogP contribution in [0.4, 0.5) is 10.5 Å². The molecule has 2 fully saturated rings. The second kappa shape index (κ2) is 6.81. The van der Waals surface area contributed by atoms with Crippen molar-refractivity contribution in [3.63, 3.8) is 0 Å². The number of urea groups is 1. The van der Waals surface area contributed by atoms with Gasteiger partial charge in [-0.1, -0.05) is 18.2 Å². The molecule has 130 valence electrons. The number of ether oxygens (including phenoxy) is 1. The van der Waals surface area contributed by atoms with E-state index in [-0.39, 0.29) is 18.1 Å². The number of nitrogens with zero attached hydrogens (tertiary/aromatic N) is 2. The summed E-state index contributed by atoms with van der Waals surface area (Å²) in [7, 11) is 0. The van der Waals surface area contributed by atoms with Gasteiger partial charge in [0.1, 0.15) is 0 Å². The van der Waals surface area contributed by atoms with Crippen LogP contribution < -0.4 is 4.90 Å². The Balaban J connectivity index is 1.78. The third-order valence-corrected chi connectivity index (χ3v) is 4.87. The molecule has 6 heteroatoms. The summed E-state index contributed by atoms with van der Waals surface area (Å²) in [5.74, 6) is -0.890. The van der Waals surface area contributed by atoms with Gasteiger partial charge in [0, 0.05) is 18.8 Å². The normalized spacial score (nSPS) is 22.0. The van der Waals surface area contributed by atoms with Gasteiger partial charge in [0.15, 0.2) is 0 Å². The zero-order valence-corrected chi connectivity index (χ0v) is 14.0. The molecular weight excluding hydrogens is 308 g/mol. The van der Waals surface area contributed by atoms with Crippen LogP contribution in [0.25, 0.3) is 0 Å². The SMILES string of the molecule is CCN(C(=O)N1CC(CC(=O)O)OC2(CCC2)C1)c1ccccc1. The molecule has 1 aromatic carbocycles. The lowest BCUT2D eigenvalue weighted by Crippen LogP contribution is -2.62. The van der Waals surface area contributed by atoms with Gasteiger partial charge in [-0.15, -0.1) is 0 Å². The molecule has 24 heavy (non-hydrogen) atoms. The van der Waals surface area contributed by atoms with Crippen molar-refractivity contribution < 1.29 is 19.4 Å². The van der Waals surface area contributed by atoms with E-state index in [1.807, 2.05) is 37.3 Å². The van der Waals surface area contributed by atoms with Gasteiger partial charge in [0.2, 0.25) is 0 Å². The highest BCUT2D eigenvalue weighted by Crippen LogP contribution is 2.40. The van der Waals surface area contributed by atoms with Crippen LogP contribution in [-0.2, 0) is 9.53 Å². The smallest absolute Gasteiger partial charge is 0.324 e. The van der Waals surface area contributed by atoms with E-state index in [2.05, 4.69) is 0 Å². The number of carbonyl (C=O) groups is 2. The Bertz CT molecular complexity index is 600. The summed E-state index contributed by atoms with van der Waals surface area (Å²) < 4.78 is 6.03. The molecule has 1 saturated carbocycles. The van der Waals surface area contributed by atoms with E-state index >= 15 is 0 Å². The minimum absolute atomic E-state index is 0.0665. The van der Waals surface area contributed by atoms with Crippen LogP contribution in [0.2, 0.25) is 0 Å². The van der Waals surface area contributed by atoms with Crippen molar-refractivity contribution >= 4 is 17.7 Å². The van der Waals surface area contributed by atoms with E-state index in [0.29, 0.717) is 19.6 Å². The van der Waals surface area contributed by atoms with Crippen LogP contribution in [0, 0.1) is 0 Å². The Morgan fingerprint density at radius 2 is 2.04 bits per heavy atom. The first-order chi connectivity index (χ1) is 11.5. The molecule has 2 amide bonds. The number of rotatable bonds is 4. The molecule has 3 rings (SSSR count). The third kappa shape index (κ3) is 3.38. The number of hydrogen-bond acceptors (Lipinski definition) is 3. The number of anilines is 1. The molecule has 1 spiro atoms. The number of para-hydroxylation sites is 1. The van der Waals surface area contributed by atoms with E-state index < -0.39 is 12.1 Å². The molecule has 1 aromatic rings. The molecule has 1 atom stereocenters. The van der Waals surface area contributed by atoms with Crippen LogP contribution in [-0.4, -0.2) is 53.3 Å². The van der Waals surface area contributed by atoms with Gasteiger partial charge in [-0.3, -0.25) is 9.69 Å². The maximum Gasteiger partial charge on any atom is 0.324 e. The lowest BCUT2D eigenvalue weighted by molar-refractivity contribution is -0.187. The summed E-state index contributed by atoms with van der Waals surface area (Å²) in [5, 5.41) is 9.09. The Labute approximate surface area is 142 Å². The Hall–Kier alpha value is -2.08. The van der Waals surface area contributed by atoms with Crippen LogP contribution in [0.15, 0.2) is 30.3 Å². The highest BCUT2D eigenvalue weighted by molar-refractivity contribution is 5.92. The molecule has 6 nitrogen and oxygen atoms in total. The van der Waals surface area contributed by atoms with Gasteiger partial charge < -0.3 is 14.7 Å². The first kappa shape index (κ1) is 16.8. The van der Waals surface area contributed by atoms with E-state index in [0.717, 1.165) is 24.9 Å². The van der Waals surface area contributed by atoms with Crippen molar-refractivity contribution in [1.82, 2.24) is 4.90 Å². The van der Waals surface area contributed by atoms with Crippen molar-refractivity contribution in [2.75, 3.05) is 24.5 Å². The monoisotopic (exact) mass is 332 g/mol.